The summed E-state index contributed by atoms with van der Waals surface area (Å²) in [6.07, 6.45) is 5.29. The first-order valence-electron chi connectivity index (χ1n) is 6.42. The van der Waals surface area contributed by atoms with Gasteiger partial charge in [0.25, 0.3) is 0 Å². The minimum Gasteiger partial charge on any atom is -0.494 e. The summed E-state index contributed by atoms with van der Waals surface area (Å²) >= 11 is 0. The van der Waals surface area contributed by atoms with Gasteiger partial charge in [0.05, 0.1) is 24.0 Å². The molecule has 0 unspecified atom stereocenters. The second kappa shape index (κ2) is 5.71. The number of aryl methyl sites for hydroxylation is 1. The number of rotatable bonds is 6. The number of fused-ring (bicyclic) bond motifs is 1. The average Bonchev–Trinajstić information content (AvgIpc) is 2.73. The Labute approximate surface area is 102 Å². The zero-order valence-corrected chi connectivity index (χ0v) is 10.6. The van der Waals surface area contributed by atoms with Gasteiger partial charge < -0.3 is 9.30 Å². The maximum atomic E-state index is 5.72. The van der Waals surface area contributed by atoms with Crippen LogP contribution in [0.5, 0.6) is 5.75 Å². The maximum absolute atomic E-state index is 5.72. The molecule has 2 rings (SSSR count). The zero-order chi connectivity index (χ0) is 12.1. The van der Waals surface area contributed by atoms with Gasteiger partial charge in [-0.25, -0.2) is 4.98 Å². The smallest absolute Gasteiger partial charge is 0.121 e. The van der Waals surface area contributed by atoms with Crippen LogP contribution >= 0.6 is 0 Å². The number of hydrogen-bond acceptors (Lipinski definition) is 2. The first-order valence-corrected chi connectivity index (χ1v) is 6.42. The predicted molar refractivity (Wildman–Crippen MR) is 70.4 cm³/mol. The van der Waals surface area contributed by atoms with Crippen molar-refractivity contribution in [3.8, 4) is 5.75 Å². The van der Waals surface area contributed by atoms with Crippen LogP contribution in [0.3, 0.4) is 0 Å². The lowest BCUT2D eigenvalue weighted by Gasteiger charge is -2.06. The molecule has 3 heteroatoms. The van der Waals surface area contributed by atoms with Crippen molar-refractivity contribution in [3.05, 3.63) is 24.5 Å². The SMILES string of the molecule is CCCCOc1ccc2ncn(CCC)c2c1. The summed E-state index contributed by atoms with van der Waals surface area (Å²) in [5.41, 5.74) is 2.21. The highest BCUT2D eigenvalue weighted by molar-refractivity contribution is 5.77. The molecule has 0 saturated heterocycles. The lowest BCUT2D eigenvalue weighted by molar-refractivity contribution is 0.309. The molecule has 0 aliphatic rings. The van der Waals surface area contributed by atoms with Gasteiger partial charge in [0.1, 0.15) is 5.75 Å². The van der Waals surface area contributed by atoms with Crippen LogP contribution in [0.2, 0.25) is 0 Å². The van der Waals surface area contributed by atoms with Crippen LogP contribution in [0.25, 0.3) is 11.0 Å². The molecular weight excluding hydrogens is 212 g/mol. The van der Waals surface area contributed by atoms with Crippen LogP contribution in [0.1, 0.15) is 33.1 Å². The minimum absolute atomic E-state index is 0.796. The lowest BCUT2D eigenvalue weighted by Crippen LogP contribution is -1.97. The van der Waals surface area contributed by atoms with Gasteiger partial charge >= 0.3 is 0 Å². The van der Waals surface area contributed by atoms with Crippen LogP contribution in [-0.4, -0.2) is 16.2 Å². The molecule has 1 aromatic heterocycles. The Morgan fingerprint density at radius 1 is 1.24 bits per heavy atom. The zero-order valence-electron chi connectivity index (χ0n) is 10.6. The molecule has 0 saturated carbocycles. The Balaban J connectivity index is 2.18. The van der Waals surface area contributed by atoms with E-state index in [4.69, 9.17) is 4.74 Å². The molecule has 0 atom stereocenters. The number of ether oxygens (including phenoxy) is 1. The second-order valence-corrected chi connectivity index (χ2v) is 4.29. The van der Waals surface area contributed by atoms with Gasteiger partial charge in [-0.05, 0) is 25.0 Å². The van der Waals surface area contributed by atoms with Crippen molar-refractivity contribution in [2.45, 2.75) is 39.7 Å². The molecule has 0 bridgehead atoms. The number of nitrogens with zero attached hydrogens (tertiary/aromatic N) is 2. The van der Waals surface area contributed by atoms with Gasteiger partial charge in [0, 0.05) is 12.6 Å². The molecule has 0 N–H and O–H groups in total. The Morgan fingerprint density at radius 2 is 2.12 bits per heavy atom. The summed E-state index contributed by atoms with van der Waals surface area (Å²) in [6.45, 7) is 6.15. The minimum atomic E-state index is 0.796. The van der Waals surface area contributed by atoms with E-state index < -0.39 is 0 Å². The van der Waals surface area contributed by atoms with E-state index in [0.29, 0.717) is 0 Å². The molecule has 0 aliphatic carbocycles. The van der Waals surface area contributed by atoms with Crippen LogP contribution in [-0.2, 0) is 6.54 Å². The van der Waals surface area contributed by atoms with Crippen LogP contribution in [0.4, 0.5) is 0 Å². The normalized spacial score (nSPS) is 10.9. The Kier molecular flexibility index (Phi) is 4.02. The van der Waals surface area contributed by atoms with Gasteiger partial charge in [-0.2, -0.15) is 0 Å². The van der Waals surface area contributed by atoms with Crippen molar-refractivity contribution >= 4 is 11.0 Å². The highest BCUT2D eigenvalue weighted by Gasteiger charge is 2.03. The van der Waals surface area contributed by atoms with E-state index in [-0.39, 0.29) is 0 Å². The van der Waals surface area contributed by atoms with Crippen LogP contribution < -0.4 is 4.74 Å². The summed E-state index contributed by atoms with van der Waals surface area (Å²) in [7, 11) is 0. The van der Waals surface area contributed by atoms with Gasteiger partial charge in [-0.15, -0.1) is 0 Å². The monoisotopic (exact) mass is 232 g/mol. The summed E-state index contributed by atoms with van der Waals surface area (Å²) in [5.74, 6) is 0.948. The van der Waals surface area contributed by atoms with Crippen molar-refractivity contribution in [1.29, 1.82) is 0 Å². The Morgan fingerprint density at radius 3 is 2.88 bits per heavy atom. The van der Waals surface area contributed by atoms with E-state index in [9.17, 15) is 0 Å². The van der Waals surface area contributed by atoms with Crippen LogP contribution in [0.15, 0.2) is 24.5 Å². The van der Waals surface area contributed by atoms with E-state index in [1.54, 1.807) is 0 Å². The molecule has 0 fully saturated rings. The third-order valence-electron chi connectivity index (χ3n) is 2.82. The van der Waals surface area contributed by atoms with E-state index >= 15 is 0 Å². The first-order chi connectivity index (χ1) is 8.35. The molecule has 2 aromatic rings. The number of aromatic nitrogens is 2. The van der Waals surface area contributed by atoms with E-state index in [2.05, 4.69) is 29.5 Å². The fourth-order valence-electron chi connectivity index (χ4n) is 1.88. The number of benzene rings is 1. The topological polar surface area (TPSA) is 27.1 Å². The van der Waals surface area contributed by atoms with Crippen molar-refractivity contribution < 1.29 is 4.74 Å². The molecule has 0 aliphatic heterocycles. The van der Waals surface area contributed by atoms with Crippen LogP contribution in [0, 0.1) is 0 Å². The van der Waals surface area contributed by atoms with E-state index in [1.165, 1.54) is 5.52 Å². The molecule has 17 heavy (non-hydrogen) atoms. The van der Waals surface area contributed by atoms with Crippen molar-refractivity contribution in [2.24, 2.45) is 0 Å². The fraction of sp³-hybridized carbons (Fsp3) is 0.500. The summed E-state index contributed by atoms with van der Waals surface area (Å²) in [6, 6.07) is 6.12. The predicted octanol–water partition coefficient (Wildman–Crippen LogP) is 3.63. The lowest BCUT2D eigenvalue weighted by atomic mass is 10.3. The summed E-state index contributed by atoms with van der Waals surface area (Å²) in [5, 5.41) is 0. The van der Waals surface area contributed by atoms with Crippen molar-refractivity contribution in [1.82, 2.24) is 9.55 Å². The molecular formula is C14H20N2O. The summed E-state index contributed by atoms with van der Waals surface area (Å²) < 4.78 is 7.90. The number of unbranched alkanes of at least 4 members (excludes halogenated alkanes) is 1. The Hall–Kier alpha value is -1.51. The summed E-state index contributed by atoms with van der Waals surface area (Å²) in [4.78, 5) is 4.38. The average molecular weight is 232 g/mol. The highest BCUT2D eigenvalue weighted by atomic mass is 16.5. The number of hydrogen-bond donors (Lipinski definition) is 0. The molecule has 3 nitrogen and oxygen atoms in total. The maximum Gasteiger partial charge on any atom is 0.121 e. The molecule has 0 spiro atoms. The van der Waals surface area contributed by atoms with Gasteiger partial charge in [0.2, 0.25) is 0 Å². The fourth-order valence-corrected chi connectivity index (χ4v) is 1.88. The van der Waals surface area contributed by atoms with Crippen molar-refractivity contribution in [2.75, 3.05) is 6.61 Å². The molecule has 1 aromatic carbocycles. The Bertz CT molecular complexity index is 476. The van der Waals surface area contributed by atoms with Crippen molar-refractivity contribution in [3.63, 3.8) is 0 Å². The van der Waals surface area contributed by atoms with E-state index in [0.717, 1.165) is 43.7 Å². The first kappa shape index (κ1) is 12.0. The second-order valence-electron chi connectivity index (χ2n) is 4.29. The third kappa shape index (κ3) is 2.78. The largest absolute Gasteiger partial charge is 0.494 e. The molecule has 0 radical (unpaired) electrons. The van der Waals surface area contributed by atoms with E-state index in [1.807, 2.05) is 18.5 Å². The molecule has 1 heterocycles. The highest BCUT2D eigenvalue weighted by Crippen LogP contribution is 2.20. The quantitative estimate of drug-likeness (QED) is 0.711. The third-order valence-corrected chi connectivity index (χ3v) is 2.82. The molecule has 92 valence electrons. The van der Waals surface area contributed by atoms with Gasteiger partial charge in [-0.3, -0.25) is 0 Å². The number of imidazole rings is 1. The van der Waals surface area contributed by atoms with Gasteiger partial charge in [-0.1, -0.05) is 20.3 Å². The molecule has 0 amide bonds. The standard InChI is InChI=1S/C14H20N2O/c1-3-5-9-17-12-6-7-13-14(10-12)16(8-4-2)11-15-13/h6-7,10-11H,3-5,8-9H2,1-2H3. The van der Waals surface area contributed by atoms with Gasteiger partial charge in [0.15, 0.2) is 0 Å².